The summed E-state index contributed by atoms with van der Waals surface area (Å²) in [5, 5.41) is 0. The number of hydrogen-bond donors (Lipinski definition) is 2. The second-order valence-corrected chi connectivity index (χ2v) is 5.12. The number of alkyl halides is 3. The van der Waals surface area contributed by atoms with E-state index in [1.165, 1.54) is 19.1 Å². The summed E-state index contributed by atoms with van der Waals surface area (Å²) in [6, 6.07) is 4.39. The molecule has 0 aliphatic carbocycles. The van der Waals surface area contributed by atoms with Crippen molar-refractivity contribution in [2.75, 3.05) is 11.5 Å². The van der Waals surface area contributed by atoms with Crippen molar-refractivity contribution in [2.45, 2.75) is 13.1 Å². The van der Waals surface area contributed by atoms with Gasteiger partial charge in [0.2, 0.25) is 5.89 Å². The third-order valence-electron chi connectivity index (χ3n) is 3.38. The normalized spacial score (nSPS) is 12.0. The summed E-state index contributed by atoms with van der Waals surface area (Å²) in [4.78, 5) is 4.00. The molecule has 23 heavy (non-hydrogen) atoms. The van der Waals surface area contributed by atoms with Crippen molar-refractivity contribution in [3.05, 3.63) is 41.2 Å². The number of halogens is 4. The van der Waals surface area contributed by atoms with Crippen LogP contribution in [-0.4, -0.2) is 4.98 Å². The molecule has 3 rings (SSSR count). The van der Waals surface area contributed by atoms with Crippen LogP contribution in [0.25, 0.3) is 22.6 Å². The Hall–Kier alpha value is -2.77. The summed E-state index contributed by atoms with van der Waals surface area (Å²) in [5.41, 5.74) is 9.97. The lowest BCUT2D eigenvalue weighted by Crippen LogP contribution is -2.09. The van der Waals surface area contributed by atoms with Gasteiger partial charge in [0, 0.05) is 11.8 Å². The number of oxazole rings is 1. The fourth-order valence-corrected chi connectivity index (χ4v) is 2.39. The van der Waals surface area contributed by atoms with Crippen molar-refractivity contribution in [3.8, 4) is 11.5 Å². The van der Waals surface area contributed by atoms with Crippen molar-refractivity contribution >= 4 is 22.5 Å². The summed E-state index contributed by atoms with van der Waals surface area (Å²) in [5.74, 6) is -1.000. The van der Waals surface area contributed by atoms with Gasteiger partial charge in [0.15, 0.2) is 5.58 Å². The zero-order valence-corrected chi connectivity index (χ0v) is 11.8. The maximum Gasteiger partial charge on any atom is 0.417 e. The highest BCUT2D eigenvalue weighted by Gasteiger charge is 2.36. The van der Waals surface area contributed by atoms with E-state index in [4.69, 9.17) is 15.9 Å². The van der Waals surface area contributed by atoms with E-state index in [1.807, 2.05) is 0 Å². The molecule has 4 N–H and O–H groups in total. The number of anilines is 2. The quantitative estimate of drug-likeness (QED) is 0.521. The van der Waals surface area contributed by atoms with Gasteiger partial charge in [-0.15, -0.1) is 0 Å². The molecule has 0 atom stereocenters. The SMILES string of the molecule is Cc1cc(N)cc(C(F)(F)F)c1-c1nc2cc(N)c(F)cc2o1. The molecule has 0 radical (unpaired) electrons. The molecule has 0 bridgehead atoms. The molecule has 1 heterocycles. The standard InChI is InChI=1S/C15H11F4N3O/c1-6-2-7(20)3-8(15(17,18)19)13(6)14-22-11-5-10(21)9(16)4-12(11)23-14/h2-5H,20-21H2,1H3. The van der Waals surface area contributed by atoms with Gasteiger partial charge >= 0.3 is 6.18 Å². The van der Waals surface area contributed by atoms with Gasteiger partial charge in [-0.1, -0.05) is 0 Å². The van der Waals surface area contributed by atoms with Crippen molar-refractivity contribution < 1.29 is 22.0 Å². The van der Waals surface area contributed by atoms with Gasteiger partial charge in [0.25, 0.3) is 0 Å². The number of benzene rings is 2. The van der Waals surface area contributed by atoms with E-state index in [1.54, 1.807) is 0 Å². The first-order chi connectivity index (χ1) is 10.7. The molecule has 0 fully saturated rings. The molecule has 8 heteroatoms. The summed E-state index contributed by atoms with van der Waals surface area (Å²) in [6.07, 6.45) is -4.64. The maximum absolute atomic E-state index is 13.5. The van der Waals surface area contributed by atoms with E-state index in [0.29, 0.717) is 0 Å². The first-order valence-electron chi connectivity index (χ1n) is 6.50. The molecule has 0 amide bonds. The topological polar surface area (TPSA) is 78.1 Å². The van der Waals surface area contributed by atoms with Crippen molar-refractivity contribution in [2.24, 2.45) is 0 Å². The predicted molar refractivity (Wildman–Crippen MR) is 78.0 cm³/mol. The van der Waals surface area contributed by atoms with Gasteiger partial charge in [-0.25, -0.2) is 9.37 Å². The first-order valence-corrected chi connectivity index (χ1v) is 6.50. The Kier molecular flexibility index (Phi) is 3.20. The van der Waals surface area contributed by atoms with Crippen LogP contribution < -0.4 is 11.5 Å². The molecule has 2 aromatic carbocycles. The van der Waals surface area contributed by atoms with E-state index >= 15 is 0 Å². The van der Waals surface area contributed by atoms with E-state index in [0.717, 1.165) is 12.1 Å². The fourth-order valence-electron chi connectivity index (χ4n) is 2.39. The number of aromatic nitrogens is 1. The average molecular weight is 325 g/mol. The number of fused-ring (bicyclic) bond motifs is 1. The van der Waals surface area contributed by atoms with Gasteiger partial charge in [-0.3, -0.25) is 0 Å². The minimum atomic E-state index is -4.64. The van der Waals surface area contributed by atoms with Crippen LogP contribution in [0.15, 0.2) is 28.7 Å². The van der Waals surface area contributed by atoms with Crippen molar-refractivity contribution in [1.29, 1.82) is 0 Å². The van der Waals surface area contributed by atoms with Crippen molar-refractivity contribution in [1.82, 2.24) is 4.98 Å². The second-order valence-electron chi connectivity index (χ2n) is 5.12. The van der Waals surface area contributed by atoms with Crippen LogP contribution in [0.5, 0.6) is 0 Å². The molecule has 4 nitrogen and oxygen atoms in total. The van der Waals surface area contributed by atoms with E-state index in [-0.39, 0.29) is 39.5 Å². The van der Waals surface area contributed by atoms with Gasteiger partial charge in [0.05, 0.1) is 16.8 Å². The van der Waals surface area contributed by atoms with Crippen molar-refractivity contribution in [3.63, 3.8) is 0 Å². The summed E-state index contributed by atoms with van der Waals surface area (Å²) in [6.45, 7) is 1.46. The molecular weight excluding hydrogens is 314 g/mol. The molecule has 3 aromatic rings. The number of hydrogen-bond acceptors (Lipinski definition) is 4. The first kappa shape index (κ1) is 15.1. The van der Waals surface area contributed by atoms with Gasteiger partial charge in [-0.2, -0.15) is 13.2 Å². The number of nitrogen functional groups attached to an aromatic ring is 2. The molecule has 0 spiro atoms. The third kappa shape index (κ3) is 2.56. The zero-order valence-electron chi connectivity index (χ0n) is 11.8. The van der Waals surface area contributed by atoms with Crippen LogP contribution in [-0.2, 0) is 6.18 Å². The van der Waals surface area contributed by atoms with Crippen LogP contribution in [0, 0.1) is 12.7 Å². The maximum atomic E-state index is 13.5. The summed E-state index contributed by atoms with van der Waals surface area (Å²) >= 11 is 0. The third-order valence-corrected chi connectivity index (χ3v) is 3.38. The van der Waals surface area contributed by atoms with E-state index in [9.17, 15) is 17.6 Å². The zero-order chi connectivity index (χ0) is 16.9. The molecular formula is C15H11F4N3O. The van der Waals surface area contributed by atoms with Crippen LogP contribution >= 0.6 is 0 Å². The Morgan fingerprint density at radius 1 is 1.09 bits per heavy atom. The van der Waals surface area contributed by atoms with Gasteiger partial charge < -0.3 is 15.9 Å². The summed E-state index contributed by atoms with van der Waals surface area (Å²) in [7, 11) is 0. The lowest BCUT2D eigenvalue weighted by atomic mass is 10.0. The number of aryl methyl sites for hydroxylation is 1. The number of nitrogens with two attached hydrogens (primary N) is 2. The highest BCUT2D eigenvalue weighted by Crippen LogP contribution is 2.41. The van der Waals surface area contributed by atoms with Crippen LogP contribution in [0.3, 0.4) is 0 Å². The number of nitrogens with zero attached hydrogens (tertiary/aromatic N) is 1. The molecule has 0 saturated carbocycles. The Labute approximate surface area is 127 Å². The molecule has 0 aliphatic rings. The van der Waals surface area contributed by atoms with Crippen LogP contribution in [0.2, 0.25) is 0 Å². The highest BCUT2D eigenvalue weighted by molar-refractivity contribution is 5.81. The van der Waals surface area contributed by atoms with E-state index < -0.39 is 17.6 Å². The average Bonchev–Trinajstić information content (AvgIpc) is 2.79. The molecule has 0 saturated heterocycles. The summed E-state index contributed by atoms with van der Waals surface area (Å²) < 4.78 is 58.6. The smallest absolute Gasteiger partial charge is 0.417 e. The van der Waals surface area contributed by atoms with Crippen LogP contribution in [0.4, 0.5) is 28.9 Å². The Bertz CT molecular complexity index is 876. The Morgan fingerprint density at radius 2 is 1.78 bits per heavy atom. The minimum Gasteiger partial charge on any atom is -0.436 e. The van der Waals surface area contributed by atoms with Gasteiger partial charge in [0.1, 0.15) is 11.3 Å². The predicted octanol–water partition coefficient (Wildman–Crippen LogP) is 4.13. The monoisotopic (exact) mass is 325 g/mol. The number of rotatable bonds is 1. The Morgan fingerprint density at radius 3 is 2.43 bits per heavy atom. The largest absolute Gasteiger partial charge is 0.436 e. The molecule has 1 aromatic heterocycles. The molecule has 120 valence electrons. The van der Waals surface area contributed by atoms with Crippen LogP contribution in [0.1, 0.15) is 11.1 Å². The second kappa shape index (κ2) is 4.87. The van der Waals surface area contributed by atoms with Gasteiger partial charge in [-0.05, 0) is 30.7 Å². The Balaban J connectivity index is 2.30. The molecule has 0 unspecified atom stereocenters. The lowest BCUT2D eigenvalue weighted by Gasteiger charge is -2.14. The fraction of sp³-hybridized carbons (Fsp3) is 0.133. The highest BCUT2D eigenvalue weighted by atomic mass is 19.4. The lowest BCUT2D eigenvalue weighted by molar-refractivity contribution is -0.137. The minimum absolute atomic E-state index is 0.0102. The van der Waals surface area contributed by atoms with E-state index in [2.05, 4.69) is 4.98 Å². The molecule has 0 aliphatic heterocycles.